The number of anilines is 1. The van der Waals surface area contributed by atoms with Gasteiger partial charge in [0.05, 0.1) is 6.20 Å². The van der Waals surface area contributed by atoms with Crippen LogP contribution in [0.3, 0.4) is 0 Å². The molecule has 1 aromatic carbocycles. The fourth-order valence-electron chi connectivity index (χ4n) is 1.54. The van der Waals surface area contributed by atoms with Crippen LogP contribution >= 0.6 is 0 Å². The Bertz CT molecular complexity index is 492. The van der Waals surface area contributed by atoms with Crippen molar-refractivity contribution in [3.8, 4) is 11.3 Å². The molecule has 0 amide bonds. The lowest BCUT2D eigenvalue weighted by Crippen LogP contribution is -2.26. The zero-order chi connectivity index (χ0) is 13.0. The van der Waals surface area contributed by atoms with E-state index in [0.29, 0.717) is 6.54 Å². The summed E-state index contributed by atoms with van der Waals surface area (Å²) in [5, 5.41) is 12.5. The molecule has 0 aliphatic carbocycles. The Morgan fingerprint density at radius 3 is 2.89 bits per heavy atom. The van der Waals surface area contributed by atoms with Gasteiger partial charge in [-0.2, -0.15) is 0 Å². The summed E-state index contributed by atoms with van der Waals surface area (Å²) in [6, 6.07) is 7.94. The molecule has 0 bridgehead atoms. The first kappa shape index (κ1) is 12.6. The molecular weight excluding hydrogens is 228 g/mol. The summed E-state index contributed by atoms with van der Waals surface area (Å²) >= 11 is 0. The van der Waals surface area contributed by atoms with E-state index in [1.54, 1.807) is 6.20 Å². The van der Waals surface area contributed by atoms with Crippen molar-refractivity contribution in [3.63, 3.8) is 0 Å². The van der Waals surface area contributed by atoms with Gasteiger partial charge in [-0.05, 0) is 12.1 Å². The van der Waals surface area contributed by atoms with Crippen molar-refractivity contribution >= 4 is 5.69 Å². The van der Waals surface area contributed by atoms with Crippen LogP contribution in [0.2, 0.25) is 0 Å². The Hall–Kier alpha value is -1.81. The van der Waals surface area contributed by atoms with Crippen LogP contribution in [0.1, 0.15) is 13.8 Å². The second-order valence-corrected chi connectivity index (χ2v) is 5.12. The van der Waals surface area contributed by atoms with Gasteiger partial charge in [-0.3, -0.25) is 0 Å². The minimum absolute atomic E-state index is 0.137. The number of hydrogen-bond acceptors (Lipinski definition) is 4. The van der Waals surface area contributed by atoms with Crippen molar-refractivity contribution in [2.75, 3.05) is 18.5 Å². The summed E-state index contributed by atoms with van der Waals surface area (Å²) < 4.78 is 5.26. The highest BCUT2D eigenvalue weighted by Crippen LogP contribution is 2.23. The van der Waals surface area contributed by atoms with Crippen LogP contribution in [0, 0.1) is 5.41 Å². The summed E-state index contributed by atoms with van der Waals surface area (Å²) in [5.41, 5.74) is 1.85. The molecule has 0 saturated carbocycles. The zero-order valence-electron chi connectivity index (χ0n) is 10.7. The lowest BCUT2D eigenvalue weighted by Gasteiger charge is -2.22. The molecule has 1 heterocycles. The number of hydrogen-bond donors (Lipinski definition) is 2. The Morgan fingerprint density at radius 1 is 1.39 bits per heavy atom. The molecule has 18 heavy (non-hydrogen) atoms. The van der Waals surface area contributed by atoms with Crippen molar-refractivity contribution in [1.29, 1.82) is 0 Å². The SMILES string of the molecule is CC(C)(CO)CNc1cccc(-c2cnco2)c1. The molecule has 4 heteroatoms. The molecule has 2 N–H and O–H groups in total. The normalized spacial score (nSPS) is 11.5. The van der Waals surface area contributed by atoms with Crippen molar-refractivity contribution in [1.82, 2.24) is 4.98 Å². The van der Waals surface area contributed by atoms with E-state index >= 15 is 0 Å². The average molecular weight is 246 g/mol. The van der Waals surface area contributed by atoms with Gasteiger partial charge in [-0.15, -0.1) is 0 Å². The number of aliphatic hydroxyl groups is 1. The number of nitrogens with one attached hydrogen (secondary N) is 1. The minimum atomic E-state index is -0.137. The zero-order valence-corrected chi connectivity index (χ0v) is 10.7. The third kappa shape index (κ3) is 3.11. The fourth-order valence-corrected chi connectivity index (χ4v) is 1.54. The van der Waals surface area contributed by atoms with Gasteiger partial charge in [0.2, 0.25) is 0 Å². The van der Waals surface area contributed by atoms with Crippen LogP contribution in [0.25, 0.3) is 11.3 Å². The van der Waals surface area contributed by atoms with E-state index < -0.39 is 0 Å². The number of benzene rings is 1. The van der Waals surface area contributed by atoms with Gasteiger partial charge >= 0.3 is 0 Å². The smallest absolute Gasteiger partial charge is 0.181 e. The summed E-state index contributed by atoms with van der Waals surface area (Å²) in [6.45, 7) is 4.89. The van der Waals surface area contributed by atoms with Gasteiger partial charge in [0.15, 0.2) is 12.2 Å². The maximum atomic E-state index is 9.21. The Balaban J connectivity index is 2.09. The molecule has 0 saturated heterocycles. The molecule has 0 unspecified atom stereocenters. The number of rotatable bonds is 5. The predicted molar refractivity (Wildman–Crippen MR) is 71.3 cm³/mol. The van der Waals surface area contributed by atoms with Crippen LogP contribution in [0.15, 0.2) is 41.3 Å². The van der Waals surface area contributed by atoms with E-state index in [1.807, 2.05) is 38.1 Å². The van der Waals surface area contributed by atoms with Gasteiger partial charge in [-0.1, -0.05) is 26.0 Å². The highest BCUT2D eigenvalue weighted by molar-refractivity contribution is 5.63. The molecule has 1 aromatic heterocycles. The van der Waals surface area contributed by atoms with E-state index in [4.69, 9.17) is 4.42 Å². The lowest BCUT2D eigenvalue weighted by molar-refractivity contribution is 0.171. The fraction of sp³-hybridized carbons (Fsp3) is 0.357. The molecule has 0 aliphatic rings. The van der Waals surface area contributed by atoms with Crippen molar-refractivity contribution < 1.29 is 9.52 Å². The second-order valence-electron chi connectivity index (χ2n) is 5.12. The van der Waals surface area contributed by atoms with Crippen LogP contribution in [0.4, 0.5) is 5.69 Å². The quantitative estimate of drug-likeness (QED) is 0.851. The van der Waals surface area contributed by atoms with E-state index in [9.17, 15) is 5.11 Å². The number of aliphatic hydroxyl groups excluding tert-OH is 1. The standard InChI is InChI=1S/C14H18N2O2/c1-14(2,9-17)8-16-12-5-3-4-11(6-12)13-7-15-10-18-13/h3-7,10,16-17H,8-9H2,1-2H3. The summed E-state index contributed by atoms with van der Waals surface area (Å²) in [4.78, 5) is 3.91. The summed E-state index contributed by atoms with van der Waals surface area (Å²) in [7, 11) is 0. The first-order valence-corrected chi connectivity index (χ1v) is 5.94. The third-order valence-electron chi connectivity index (χ3n) is 2.78. The van der Waals surface area contributed by atoms with Gasteiger partial charge in [0.25, 0.3) is 0 Å². The summed E-state index contributed by atoms with van der Waals surface area (Å²) in [6.07, 6.45) is 3.11. The maximum absolute atomic E-state index is 9.21. The van der Waals surface area contributed by atoms with E-state index in [0.717, 1.165) is 17.0 Å². The van der Waals surface area contributed by atoms with Gasteiger partial charge in [0.1, 0.15) is 0 Å². The molecule has 2 aromatic rings. The highest BCUT2D eigenvalue weighted by Gasteiger charge is 2.15. The lowest BCUT2D eigenvalue weighted by atomic mass is 9.95. The van der Waals surface area contributed by atoms with Crippen LogP contribution in [-0.2, 0) is 0 Å². The van der Waals surface area contributed by atoms with Crippen LogP contribution in [0.5, 0.6) is 0 Å². The molecule has 0 fully saturated rings. The molecule has 0 radical (unpaired) electrons. The number of nitrogens with zero attached hydrogens (tertiary/aromatic N) is 1. The molecule has 0 atom stereocenters. The number of aromatic nitrogens is 1. The van der Waals surface area contributed by atoms with Crippen LogP contribution in [-0.4, -0.2) is 23.2 Å². The van der Waals surface area contributed by atoms with Crippen molar-refractivity contribution in [3.05, 3.63) is 36.9 Å². The Labute approximate surface area is 107 Å². The van der Waals surface area contributed by atoms with Gasteiger partial charge in [-0.25, -0.2) is 4.98 Å². The van der Waals surface area contributed by atoms with Crippen molar-refractivity contribution in [2.45, 2.75) is 13.8 Å². The topological polar surface area (TPSA) is 58.3 Å². The molecule has 0 aliphatic heterocycles. The Morgan fingerprint density at radius 2 is 2.22 bits per heavy atom. The molecule has 4 nitrogen and oxygen atoms in total. The number of oxazole rings is 1. The molecule has 96 valence electrons. The highest BCUT2D eigenvalue weighted by atomic mass is 16.3. The third-order valence-corrected chi connectivity index (χ3v) is 2.78. The first-order valence-electron chi connectivity index (χ1n) is 5.94. The monoisotopic (exact) mass is 246 g/mol. The van der Waals surface area contributed by atoms with Gasteiger partial charge in [0, 0.05) is 29.8 Å². The molecular formula is C14H18N2O2. The van der Waals surface area contributed by atoms with Gasteiger partial charge < -0.3 is 14.8 Å². The van der Waals surface area contributed by atoms with Crippen LogP contribution < -0.4 is 5.32 Å². The van der Waals surface area contributed by atoms with E-state index in [2.05, 4.69) is 10.3 Å². The molecule has 0 spiro atoms. The average Bonchev–Trinajstić information content (AvgIpc) is 2.91. The van der Waals surface area contributed by atoms with Crippen molar-refractivity contribution in [2.24, 2.45) is 5.41 Å². The molecule has 2 rings (SSSR count). The summed E-state index contributed by atoms with van der Waals surface area (Å²) in [5.74, 6) is 0.750. The van der Waals surface area contributed by atoms with E-state index in [-0.39, 0.29) is 12.0 Å². The Kier molecular flexibility index (Phi) is 3.67. The minimum Gasteiger partial charge on any atom is -0.444 e. The first-order chi connectivity index (χ1) is 8.61. The predicted octanol–water partition coefficient (Wildman–Crippen LogP) is 2.77. The van der Waals surface area contributed by atoms with E-state index in [1.165, 1.54) is 6.39 Å². The second kappa shape index (κ2) is 5.23. The maximum Gasteiger partial charge on any atom is 0.181 e. The largest absolute Gasteiger partial charge is 0.444 e.